The highest BCUT2D eigenvalue weighted by Crippen LogP contribution is 2.14. The van der Waals surface area contributed by atoms with Crippen LogP contribution in [-0.2, 0) is 0 Å². The average molecular weight is 394 g/mol. The van der Waals surface area contributed by atoms with Crippen molar-refractivity contribution in [2.45, 2.75) is 32.9 Å². The number of ether oxygens (including phenoxy) is 1. The van der Waals surface area contributed by atoms with Gasteiger partial charge in [-0.3, -0.25) is 9.89 Å². The van der Waals surface area contributed by atoms with Gasteiger partial charge in [-0.2, -0.15) is 0 Å². The van der Waals surface area contributed by atoms with Crippen molar-refractivity contribution < 1.29 is 9.13 Å². The summed E-state index contributed by atoms with van der Waals surface area (Å²) in [4.78, 5) is 9.27. The van der Waals surface area contributed by atoms with Crippen LogP contribution in [0.15, 0.2) is 29.3 Å². The molecule has 0 bridgehead atoms. The fourth-order valence-electron chi connectivity index (χ4n) is 3.42. The van der Waals surface area contributed by atoms with Crippen molar-refractivity contribution in [3.8, 4) is 5.75 Å². The van der Waals surface area contributed by atoms with Crippen molar-refractivity contribution >= 4 is 5.96 Å². The lowest BCUT2D eigenvalue weighted by Gasteiger charge is -2.40. The first kappa shape index (κ1) is 22.4. The van der Waals surface area contributed by atoms with Gasteiger partial charge >= 0.3 is 0 Å². The third kappa shape index (κ3) is 7.28. The molecule has 0 saturated carbocycles. The van der Waals surface area contributed by atoms with Gasteiger partial charge in [0.2, 0.25) is 0 Å². The van der Waals surface area contributed by atoms with Gasteiger partial charge in [-0.25, -0.2) is 4.39 Å². The van der Waals surface area contributed by atoms with Gasteiger partial charge in [0.1, 0.15) is 17.7 Å². The van der Waals surface area contributed by atoms with Crippen LogP contribution in [0.25, 0.3) is 0 Å². The summed E-state index contributed by atoms with van der Waals surface area (Å²) in [7, 11) is 3.95. The Labute approximate surface area is 169 Å². The number of guanidine groups is 1. The maximum Gasteiger partial charge on any atom is 0.191 e. The smallest absolute Gasteiger partial charge is 0.191 e. The summed E-state index contributed by atoms with van der Waals surface area (Å²) in [5, 5.41) is 6.76. The Kier molecular flexibility index (Phi) is 8.99. The zero-order chi connectivity index (χ0) is 20.5. The minimum absolute atomic E-state index is 0.112. The first-order chi connectivity index (χ1) is 13.4. The minimum Gasteiger partial charge on any atom is -0.489 e. The Morgan fingerprint density at radius 2 is 1.82 bits per heavy atom. The molecule has 1 aliphatic heterocycles. The van der Waals surface area contributed by atoms with E-state index in [1.807, 2.05) is 6.92 Å². The molecular formula is C21H36FN5O. The Hall–Kier alpha value is -1.86. The van der Waals surface area contributed by atoms with Crippen molar-refractivity contribution in [1.29, 1.82) is 0 Å². The molecule has 2 atom stereocenters. The van der Waals surface area contributed by atoms with E-state index in [2.05, 4.69) is 46.3 Å². The zero-order valence-corrected chi connectivity index (χ0v) is 17.9. The summed E-state index contributed by atoms with van der Waals surface area (Å²) in [6, 6.07) is 6.68. The van der Waals surface area contributed by atoms with Crippen LogP contribution in [0.1, 0.15) is 20.8 Å². The molecule has 1 saturated heterocycles. The topological polar surface area (TPSA) is 52.1 Å². The number of nitrogens with one attached hydrogen (secondary N) is 2. The quantitative estimate of drug-likeness (QED) is 0.523. The van der Waals surface area contributed by atoms with Gasteiger partial charge in [-0.05, 0) is 32.0 Å². The SMILES string of the molecule is CN=C(NCC(C)Oc1cccc(F)c1)NCC(C(C)C)N1CCN(C)CC1. The van der Waals surface area contributed by atoms with E-state index in [0.29, 0.717) is 24.3 Å². The highest BCUT2D eigenvalue weighted by molar-refractivity contribution is 5.79. The molecular weight excluding hydrogens is 357 g/mol. The maximum atomic E-state index is 13.3. The minimum atomic E-state index is -0.293. The van der Waals surface area contributed by atoms with Crippen molar-refractivity contribution in [3.05, 3.63) is 30.1 Å². The van der Waals surface area contributed by atoms with Crippen LogP contribution in [0.3, 0.4) is 0 Å². The van der Waals surface area contributed by atoms with Crippen molar-refractivity contribution in [1.82, 2.24) is 20.4 Å². The number of likely N-dealkylation sites (N-methyl/N-ethyl adjacent to an activating group) is 1. The van der Waals surface area contributed by atoms with E-state index in [1.165, 1.54) is 12.1 Å². The van der Waals surface area contributed by atoms with Crippen LogP contribution in [0.2, 0.25) is 0 Å². The van der Waals surface area contributed by atoms with E-state index in [9.17, 15) is 4.39 Å². The lowest BCUT2D eigenvalue weighted by molar-refractivity contribution is 0.0899. The summed E-state index contributed by atoms with van der Waals surface area (Å²) in [5.41, 5.74) is 0. The molecule has 0 aromatic heterocycles. The number of hydrogen-bond donors (Lipinski definition) is 2. The van der Waals surface area contributed by atoms with E-state index >= 15 is 0 Å². The zero-order valence-electron chi connectivity index (χ0n) is 17.9. The predicted molar refractivity (Wildman–Crippen MR) is 114 cm³/mol. The van der Waals surface area contributed by atoms with Crippen molar-refractivity contribution in [3.63, 3.8) is 0 Å². The molecule has 1 aliphatic rings. The molecule has 2 unspecified atom stereocenters. The Bertz CT molecular complexity index is 617. The first-order valence-electron chi connectivity index (χ1n) is 10.2. The van der Waals surface area contributed by atoms with Gasteiger partial charge in [0.15, 0.2) is 5.96 Å². The number of halogens is 1. The molecule has 28 heavy (non-hydrogen) atoms. The first-order valence-corrected chi connectivity index (χ1v) is 10.2. The molecule has 1 fully saturated rings. The van der Waals surface area contributed by atoms with Gasteiger partial charge in [0.25, 0.3) is 0 Å². The summed E-state index contributed by atoms with van der Waals surface area (Å²) in [6.45, 7) is 12.4. The van der Waals surface area contributed by atoms with Crippen molar-refractivity contribution in [2.24, 2.45) is 10.9 Å². The van der Waals surface area contributed by atoms with Gasteiger partial charge in [0.05, 0.1) is 6.54 Å². The maximum absolute atomic E-state index is 13.3. The Morgan fingerprint density at radius 1 is 1.14 bits per heavy atom. The molecule has 1 aromatic rings. The summed E-state index contributed by atoms with van der Waals surface area (Å²) in [5.74, 6) is 1.56. The number of rotatable bonds is 8. The van der Waals surface area contributed by atoms with Crippen LogP contribution in [0.5, 0.6) is 5.75 Å². The van der Waals surface area contributed by atoms with Gasteiger partial charge in [-0.1, -0.05) is 19.9 Å². The van der Waals surface area contributed by atoms with Crippen LogP contribution >= 0.6 is 0 Å². The van der Waals surface area contributed by atoms with E-state index in [-0.39, 0.29) is 11.9 Å². The number of piperazine rings is 1. The fourth-order valence-corrected chi connectivity index (χ4v) is 3.42. The molecule has 0 aliphatic carbocycles. The Morgan fingerprint density at radius 3 is 2.43 bits per heavy atom. The number of hydrogen-bond acceptors (Lipinski definition) is 4. The third-order valence-corrected chi connectivity index (χ3v) is 5.17. The molecule has 6 nitrogen and oxygen atoms in total. The van der Waals surface area contributed by atoms with E-state index in [4.69, 9.17) is 4.74 Å². The average Bonchev–Trinajstić information content (AvgIpc) is 2.65. The lowest BCUT2D eigenvalue weighted by Crippen LogP contribution is -2.55. The number of benzene rings is 1. The standard InChI is InChI=1S/C21H36FN5O/c1-16(2)20(27-11-9-26(5)10-12-27)15-25-21(23-4)24-14-17(3)28-19-8-6-7-18(22)13-19/h6-8,13,16-17,20H,9-12,14-15H2,1-5H3,(H2,23,24,25). The second kappa shape index (κ2) is 11.2. The monoisotopic (exact) mass is 393 g/mol. The third-order valence-electron chi connectivity index (χ3n) is 5.17. The van der Waals surface area contributed by atoms with E-state index in [1.54, 1.807) is 19.2 Å². The van der Waals surface area contributed by atoms with Crippen LogP contribution in [-0.4, -0.2) is 81.3 Å². The normalized spacial score (nSPS) is 18.8. The highest BCUT2D eigenvalue weighted by atomic mass is 19.1. The molecule has 1 aromatic carbocycles. The Balaban J connectivity index is 1.79. The van der Waals surface area contributed by atoms with Crippen LogP contribution < -0.4 is 15.4 Å². The molecule has 0 amide bonds. The molecule has 2 rings (SSSR count). The molecule has 158 valence electrons. The van der Waals surface area contributed by atoms with Gasteiger partial charge in [-0.15, -0.1) is 0 Å². The highest BCUT2D eigenvalue weighted by Gasteiger charge is 2.25. The molecule has 0 spiro atoms. The van der Waals surface area contributed by atoms with Gasteiger partial charge in [0, 0.05) is 51.9 Å². The summed E-state index contributed by atoms with van der Waals surface area (Å²) < 4.78 is 19.0. The molecule has 0 radical (unpaired) electrons. The van der Waals surface area contributed by atoms with Gasteiger partial charge < -0.3 is 20.3 Å². The van der Waals surface area contributed by atoms with Crippen molar-refractivity contribution in [2.75, 3.05) is 53.4 Å². The second-order valence-electron chi connectivity index (χ2n) is 7.87. The molecule has 1 heterocycles. The number of nitrogens with zero attached hydrogens (tertiary/aromatic N) is 3. The lowest BCUT2D eigenvalue weighted by atomic mass is 10.0. The van der Waals surface area contributed by atoms with Crippen LogP contribution in [0, 0.1) is 11.7 Å². The molecule has 2 N–H and O–H groups in total. The predicted octanol–water partition coefficient (Wildman–Crippen LogP) is 2.03. The van der Waals surface area contributed by atoms with Crippen LogP contribution in [0.4, 0.5) is 4.39 Å². The summed E-state index contributed by atoms with van der Waals surface area (Å²) >= 11 is 0. The fraction of sp³-hybridized carbons (Fsp3) is 0.667. The summed E-state index contributed by atoms with van der Waals surface area (Å²) in [6.07, 6.45) is -0.112. The largest absolute Gasteiger partial charge is 0.489 e. The number of aliphatic imine (C=N–C) groups is 1. The van der Waals surface area contributed by atoms with E-state index < -0.39 is 0 Å². The van der Waals surface area contributed by atoms with E-state index in [0.717, 1.165) is 38.7 Å². The molecule has 7 heteroatoms. The second-order valence-corrected chi connectivity index (χ2v) is 7.87.